The van der Waals surface area contributed by atoms with Crippen LogP contribution < -0.4 is 26.2 Å². The summed E-state index contributed by atoms with van der Waals surface area (Å²) in [5.74, 6) is 1.92. The first-order valence-corrected chi connectivity index (χ1v) is 34.3. The number of aromatic nitrogens is 3. The number of hydrogen-bond donors (Lipinski definition) is 0. The highest BCUT2D eigenvalue weighted by Gasteiger charge is 2.47. The zero-order valence-corrected chi connectivity index (χ0v) is 58.8. The van der Waals surface area contributed by atoms with Gasteiger partial charge in [0.15, 0.2) is 17.5 Å². The molecule has 5 nitrogen and oxygen atoms in total. The minimum Gasteiger partial charge on any atom is -0.311 e. The summed E-state index contributed by atoms with van der Waals surface area (Å²) in [5, 5.41) is 15.2. The van der Waals surface area contributed by atoms with Gasteiger partial charge >= 0.3 is 0 Å². The lowest BCUT2D eigenvalue weighted by Crippen LogP contribution is -2.61. The molecule has 0 unspecified atom stereocenters. The largest absolute Gasteiger partial charge is 0.311 e. The second-order valence-corrected chi connectivity index (χ2v) is 33.9. The van der Waals surface area contributed by atoms with E-state index in [2.05, 4.69) is 329 Å². The van der Waals surface area contributed by atoms with Crippen molar-refractivity contribution in [2.24, 2.45) is 0 Å². The van der Waals surface area contributed by atoms with E-state index in [1.807, 2.05) is 0 Å². The number of benzene rings is 13. The van der Waals surface area contributed by atoms with Gasteiger partial charge in [-0.3, -0.25) is 0 Å². The van der Waals surface area contributed by atoms with E-state index in [1.165, 1.54) is 126 Å². The molecule has 2 aliphatic heterocycles. The van der Waals surface area contributed by atoms with E-state index in [-0.39, 0.29) is 39.2 Å². The fraction of sp³-hybridized carbons (Fsp3) is 0.270. The summed E-state index contributed by atoms with van der Waals surface area (Å²) in [4.78, 5) is 22.6. The third-order valence-electron chi connectivity index (χ3n) is 21.0. The smallest absolute Gasteiger partial charge is 0.253 e. The summed E-state index contributed by atoms with van der Waals surface area (Å²) in [6, 6.07) is 75.5. The van der Waals surface area contributed by atoms with Crippen molar-refractivity contribution in [2.45, 2.75) is 157 Å². The van der Waals surface area contributed by atoms with E-state index in [1.54, 1.807) is 0 Å². The lowest BCUT2D eigenvalue weighted by Gasteiger charge is -2.45. The molecular weight excluding hydrogens is 1150 g/mol. The number of anilines is 6. The van der Waals surface area contributed by atoms with Gasteiger partial charge in [0.25, 0.3) is 6.71 Å². The molecule has 0 aliphatic carbocycles. The Morgan fingerprint density at radius 2 is 0.537 bits per heavy atom. The van der Waals surface area contributed by atoms with Crippen molar-refractivity contribution in [3.05, 3.63) is 228 Å². The van der Waals surface area contributed by atoms with Crippen LogP contribution in [-0.4, -0.2) is 21.7 Å². The third kappa shape index (κ3) is 9.81. The minimum absolute atomic E-state index is 0.0604. The topological polar surface area (TPSA) is 45.2 Å². The van der Waals surface area contributed by atoms with Crippen molar-refractivity contribution < 1.29 is 0 Å². The average molecular weight is 1240 g/mol. The average Bonchev–Trinajstić information content (AvgIpc) is 0.676. The van der Waals surface area contributed by atoms with Crippen molar-refractivity contribution >= 4 is 122 Å². The first-order chi connectivity index (χ1) is 44.8. The molecule has 0 spiro atoms. The SMILES string of the molecule is CC(C)(C)c1ccc(N2c3cc(-c4nc(-c5cc(C(C)(C)C)cc(C(C)(C)C)c5)nc(-c5cc(C(C)(C)C)cc(C(C)(C)C)c5)n4)cc4c3B(c3c2cc2ccc5cccc6ccc3c2c56)c2c(cc3ccc5cccc6ccc2c3c56)N4c2ccc(C(C)(C)C)cc2)cc1. The van der Waals surface area contributed by atoms with Crippen LogP contribution in [0.5, 0.6) is 0 Å². The lowest BCUT2D eigenvalue weighted by molar-refractivity contribution is 0.568. The first-order valence-electron chi connectivity index (χ1n) is 34.3. The summed E-state index contributed by atoms with van der Waals surface area (Å²) in [6.07, 6.45) is 0. The molecule has 16 rings (SSSR count). The van der Waals surface area contributed by atoms with Gasteiger partial charge in [0.05, 0.1) is 0 Å². The molecule has 3 heterocycles. The number of rotatable bonds is 5. The predicted molar refractivity (Wildman–Crippen MR) is 410 cm³/mol. The van der Waals surface area contributed by atoms with Crippen molar-refractivity contribution in [2.75, 3.05) is 9.80 Å². The molecule has 0 amide bonds. The van der Waals surface area contributed by atoms with Gasteiger partial charge in [-0.05, 0) is 220 Å². The standard InChI is InChI=1S/C89H86BN5/c1-84(2,3)60-31-35-66(36-32-60)94-70-45-55-27-25-51-21-19-23-53-29-39-68(76(55)74(51)53)78(70)90-79-69-40-30-54-24-20-22-52-26-28-56(77(69)75(52)54)46-71(79)95(67-37-33-61(34-38-67)85(4,5)6)73-48-59(47-72(94)80(73)90)83-92-81(57-41-62(86(7,8)9)49-63(42-57)87(10,11)12)91-82(93-83)58-43-64(88(13,14)15)50-65(44-58)89(16,17)18/h19-50H,1-18H3. The highest BCUT2D eigenvalue weighted by Crippen LogP contribution is 2.51. The van der Waals surface area contributed by atoms with Gasteiger partial charge in [-0.25, -0.2) is 15.0 Å². The van der Waals surface area contributed by atoms with Crippen LogP contribution in [0.25, 0.3) is 98.8 Å². The molecule has 14 aromatic rings. The number of nitrogens with zero attached hydrogens (tertiary/aromatic N) is 5. The van der Waals surface area contributed by atoms with Gasteiger partial charge in [0.2, 0.25) is 0 Å². The Kier molecular flexibility index (Phi) is 13.1. The Labute approximate surface area is 562 Å². The minimum atomic E-state index is -0.222. The molecule has 13 aromatic carbocycles. The summed E-state index contributed by atoms with van der Waals surface area (Å²) >= 11 is 0. The van der Waals surface area contributed by atoms with Crippen LogP contribution in [0, 0.1) is 0 Å². The maximum atomic E-state index is 5.84. The van der Waals surface area contributed by atoms with Crippen molar-refractivity contribution in [3.8, 4) is 34.2 Å². The normalized spacial score (nSPS) is 13.9. The lowest BCUT2D eigenvalue weighted by atomic mass is 9.32. The van der Waals surface area contributed by atoms with Crippen LogP contribution in [0.3, 0.4) is 0 Å². The van der Waals surface area contributed by atoms with E-state index < -0.39 is 0 Å². The first kappa shape index (κ1) is 60.6. The van der Waals surface area contributed by atoms with Crippen molar-refractivity contribution in [1.29, 1.82) is 0 Å². The Hall–Kier alpha value is -9.39. The molecular formula is C89H86BN5. The Balaban J connectivity index is 1.08. The van der Waals surface area contributed by atoms with Gasteiger partial charge in [-0.1, -0.05) is 246 Å². The van der Waals surface area contributed by atoms with Gasteiger partial charge in [-0.15, -0.1) is 0 Å². The van der Waals surface area contributed by atoms with E-state index in [0.29, 0.717) is 17.5 Å². The van der Waals surface area contributed by atoms with Crippen molar-refractivity contribution in [1.82, 2.24) is 15.0 Å². The molecule has 1 aromatic heterocycles. The number of hydrogen-bond acceptors (Lipinski definition) is 5. The fourth-order valence-electron chi connectivity index (χ4n) is 15.5. The summed E-state index contributed by atoms with van der Waals surface area (Å²) in [7, 11) is 0. The number of fused-ring (bicyclic) bond motifs is 6. The van der Waals surface area contributed by atoms with Crippen molar-refractivity contribution in [3.63, 3.8) is 0 Å². The Bertz CT molecular complexity index is 5050. The molecule has 95 heavy (non-hydrogen) atoms. The van der Waals surface area contributed by atoms with Crippen LogP contribution in [0.4, 0.5) is 34.1 Å². The maximum absolute atomic E-state index is 5.84. The van der Waals surface area contributed by atoms with Gasteiger partial charge in [0, 0.05) is 50.8 Å². The molecule has 2 aliphatic rings. The Morgan fingerprint density at radius 3 is 0.853 bits per heavy atom. The van der Waals surface area contributed by atoms with Crippen LogP contribution in [-0.2, 0) is 32.5 Å². The maximum Gasteiger partial charge on any atom is 0.253 e. The highest BCUT2D eigenvalue weighted by molar-refractivity contribution is 7.03. The zero-order valence-electron chi connectivity index (χ0n) is 58.8. The monoisotopic (exact) mass is 1240 g/mol. The van der Waals surface area contributed by atoms with E-state index in [0.717, 1.165) is 39.4 Å². The molecule has 0 saturated heterocycles. The van der Waals surface area contributed by atoms with Gasteiger partial charge in [-0.2, -0.15) is 0 Å². The molecule has 0 saturated carbocycles. The quantitative estimate of drug-likeness (QED) is 0.127. The molecule has 0 radical (unpaired) electrons. The third-order valence-corrected chi connectivity index (χ3v) is 21.0. The summed E-state index contributed by atoms with van der Waals surface area (Å²) in [5.41, 5.74) is 20.3. The fourth-order valence-corrected chi connectivity index (χ4v) is 15.5. The van der Waals surface area contributed by atoms with Crippen LogP contribution in [0.1, 0.15) is 158 Å². The summed E-state index contributed by atoms with van der Waals surface area (Å²) in [6.45, 7) is 41.3. The molecule has 0 atom stereocenters. The van der Waals surface area contributed by atoms with Crippen LogP contribution in [0.2, 0.25) is 0 Å². The van der Waals surface area contributed by atoms with Gasteiger partial charge in [0.1, 0.15) is 0 Å². The second kappa shape index (κ2) is 20.6. The Morgan fingerprint density at radius 1 is 0.253 bits per heavy atom. The molecule has 0 N–H and O–H groups in total. The van der Waals surface area contributed by atoms with Crippen LogP contribution in [0.15, 0.2) is 194 Å². The molecule has 470 valence electrons. The molecule has 0 fully saturated rings. The van der Waals surface area contributed by atoms with E-state index in [4.69, 9.17) is 15.0 Å². The van der Waals surface area contributed by atoms with E-state index >= 15 is 0 Å². The highest BCUT2D eigenvalue weighted by atomic mass is 15.2. The second-order valence-electron chi connectivity index (χ2n) is 33.9. The van der Waals surface area contributed by atoms with Crippen LogP contribution >= 0.6 is 0 Å². The van der Waals surface area contributed by atoms with Gasteiger partial charge < -0.3 is 9.80 Å². The summed E-state index contributed by atoms with van der Waals surface area (Å²) < 4.78 is 0. The molecule has 0 bridgehead atoms. The molecule has 6 heteroatoms. The zero-order chi connectivity index (χ0) is 66.5. The predicted octanol–water partition coefficient (Wildman–Crippen LogP) is 22.5. The van der Waals surface area contributed by atoms with E-state index in [9.17, 15) is 0 Å².